The van der Waals surface area contributed by atoms with Crippen molar-refractivity contribution in [3.8, 4) is 5.75 Å². The largest absolute Gasteiger partial charge is 0.495 e. The van der Waals surface area contributed by atoms with Gasteiger partial charge in [0, 0.05) is 19.4 Å². The van der Waals surface area contributed by atoms with E-state index in [0.717, 1.165) is 5.56 Å². The molecule has 1 aliphatic heterocycles. The van der Waals surface area contributed by atoms with Gasteiger partial charge in [-0.3, -0.25) is 14.4 Å². The zero-order valence-electron chi connectivity index (χ0n) is 24.7. The predicted molar refractivity (Wildman–Crippen MR) is 164 cm³/mol. The highest BCUT2D eigenvalue weighted by atomic mass is 35.5. The maximum Gasteiger partial charge on any atom is 0.347 e. The van der Waals surface area contributed by atoms with Gasteiger partial charge in [-0.15, -0.1) is 11.6 Å². The Morgan fingerprint density at radius 3 is 2.40 bits per heavy atom. The van der Waals surface area contributed by atoms with E-state index in [1.807, 2.05) is 44.2 Å². The molecule has 0 spiro atoms. The van der Waals surface area contributed by atoms with Crippen LogP contribution in [-0.2, 0) is 35.1 Å². The minimum atomic E-state index is -1.17. The molecule has 11 heteroatoms. The van der Waals surface area contributed by atoms with Crippen LogP contribution in [0.3, 0.4) is 0 Å². The number of esters is 2. The molecule has 9 nitrogen and oxygen atoms in total. The standard InChI is InChI=1S/C32H38Cl2N2O7/c1-19(2)15-27-32(40)42-26(29(34)22-9-6-5-7-10-22)11-8-12-28(37)36-24(30(38)35-18-20(3)31(39)43-27)17-21-13-14-25(41-4)23(33)16-21/h5-10,12-14,16,19-20,24,26-27,29H,11,15,17-18H2,1-4H3,(H,35,38)(H,36,37)/b12-8+/t20?,24-,26+,27+,29+/m1/s1. The third kappa shape index (κ3) is 10.3. The molecule has 43 heavy (non-hydrogen) atoms. The van der Waals surface area contributed by atoms with Crippen molar-refractivity contribution in [2.45, 2.75) is 63.7 Å². The Balaban J connectivity index is 1.91. The molecule has 2 aromatic carbocycles. The number of hydrogen-bond acceptors (Lipinski definition) is 7. The van der Waals surface area contributed by atoms with E-state index in [0.29, 0.717) is 16.3 Å². The molecule has 0 bridgehead atoms. The minimum absolute atomic E-state index is 0.0149. The highest BCUT2D eigenvalue weighted by molar-refractivity contribution is 6.32. The van der Waals surface area contributed by atoms with E-state index in [1.165, 1.54) is 19.3 Å². The van der Waals surface area contributed by atoms with Crippen LogP contribution in [0.25, 0.3) is 0 Å². The van der Waals surface area contributed by atoms with E-state index in [9.17, 15) is 19.2 Å². The summed E-state index contributed by atoms with van der Waals surface area (Å²) in [6, 6.07) is 13.2. The number of benzene rings is 2. The van der Waals surface area contributed by atoms with Gasteiger partial charge in [0.25, 0.3) is 0 Å². The van der Waals surface area contributed by atoms with Gasteiger partial charge < -0.3 is 24.8 Å². The van der Waals surface area contributed by atoms with E-state index in [-0.39, 0.29) is 31.7 Å². The third-order valence-corrected chi connectivity index (χ3v) is 7.66. The molecule has 2 N–H and O–H groups in total. The first-order chi connectivity index (χ1) is 20.5. The lowest BCUT2D eigenvalue weighted by Crippen LogP contribution is -2.49. The van der Waals surface area contributed by atoms with E-state index in [4.69, 9.17) is 37.4 Å². The van der Waals surface area contributed by atoms with Gasteiger partial charge in [0.15, 0.2) is 6.10 Å². The first kappa shape index (κ1) is 33.9. The average molecular weight is 634 g/mol. The van der Waals surface area contributed by atoms with Crippen LogP contribution in [0, 0.1) is 11.8 Å². The van der Waals surface area contributed by atoms with Crippen LogP contribution in [0.2, 0.25) is 5.02 Å². The molecule has 2 aromatic rings. The van der Waals surface area contributed by atoms with Crippen LogP contribution >= 0.6 is 23.2 Å². The zero-order valence-corrected chi connectivity index (χ0v) is 26.2. The van der Waals surface area contributed by atoms with E-state index >= 15 is 0 Å². The topological polar surface area (TPSA) is 120 Å². The molecule has 0 saturated heterocycles. The SMILES string of the molecule is COc1ccc(C[C@H]2NC(=O)/C=C/C[C@@H]([C@@H](Cl)c3ccccc3)OC(=O)[C@H](CC(C)C)OC(=O)C(C)CNC2=O)cc1Cl. The molecule has 232 valence electrons. The van der Waals surface area contributed by atoms with Gasteiger partial charge in [0.2, 0.25) is 11.8 Å². The van der Waals surface area contributed by atoms with Crippen molar-refractivity contribution >= 4 is 47.0 Å². The van der Waals surface area contributed by atoms with Gasteiger partial charge in [-0.1, -0.05) is 74.8 Å². The third-order valence-electron chi connectivity index (χ3n) is 6.83. The van der Waals surface area contributed by atoms with Gasteiger partial charge in [-0.2, -0.15) is 0 Å². The second-order valence-electron chi connectivity index (χ2n) is 10.9. The summed E-state index contributed by atoms with van der Waals surface area (Å²) >= 11 is 13.0. The number of hydrogen-bond donors (Lipinski definition) is 2. The molecule has 0 radical (unpaired) electrons. The Bertz CT molecular complexity index is 1300. The monoisotopic (exact) mass is 632 g/mol. The summed E-state index contributed by atoms with van der Waals surface area (Å²) in [6.45, 7) is 5.29. The molecule has 0 aliphatic carbocycles. The summed E-state index contributed by atoms with van der Waals surface area (Å²) < 4.78 is 16.6. The summed E-state index contributed by atoms with van der Waals surface area (Å²) in [4.78, 5) is 52.5. The van der Waals surface area contributed by atoms with Crippen LogP contribution < -0.4 is 15.4 Å². The van der Waals surface area contributed by atoms with E-state index in [1.54, 1.807) is 25.1 Å². The Hall–Kier alpha value is -3.56. The van der Waals surface area contributed by atoms with Gasteiger partial charge in [0.05, 0.1) is 23.4 Å². The van der Waals surface area contributed by atoms with Crippen molar-refractivity contribution in [1.29, 1.82) is 0 Å². The molecule has 5 atom stereocenters. The van der Waals surface area contributed by atoms with E-state index < -0.39 is 53.3 Å². The Morgan fingerprint density at radius 2 is 1.74 bits per heavy atom. The number of alkyl halides is 1. The fourth-order valence-corrected chi connectivity index (χ4v) is 5.03. The summed E-state index contributed by atoms with van der Waals surface area (Å²) in [6.07, 6.45) is 1.22. The van der Waals surface area contributed by atoms with Crippen LogP contribution in [-0.4, -0.2) is 55.7 Å². The zero-order chi connectivity index (χ0) is 31.5. The minimum Gasteiger partial charge on any atom is -0.495 e. The molecule has 2 amide bonds. The molecular formula is C32H38Cl2N2O7. The fraction of sp³-hybridized carbons (Fsp3) is 0.438. The highest BCUT2D eigenvalue weighted by Gasteiger charge is 2.33. The van der Waals surface area contributed by atoms with Gasteiger partial charge >= 0.3 is 11.9 Å². The number of nitrogens with one attached hydrogen (secondary N) is 2. The molecule has 1 aliphatic rings. The van der Waals surface area contributed by atoms with Gasteiger partial charge in [-0.05, 0) is 41.7 Å². The quantitative estimate of drug-likeness (QED) is 0.328. The number of amides is 2. The lowest BCUT2D eigenvalue weighted by atomic mass is 10.0. The number of carbonyl (C=O) groups is 4. The Labute approximate surface area is 262 Å². The summed E-state index contributed by atoms with van der Waals surface area (Å²) in [5.74, 6) is -2.72. The van der Waals surface area contributed by atoms with Crippen LogP contribution in [0.5, 0.6) is 5.75 Å². The molecule has 0 fully saturated rings. The van der Waals surface area contributed by atoms with Crippen molar-refractivity contribution in [2.24, 2.45) is 11.8 Å². The average Bonchev–Trinajstić information content (AvgIpc) is 2.97. The smallest absolute Gasteiger partial charge is 0.347 e. The first-order valence-corrected chi connectivity index (χ1v) is 15.0. The normalized spacial score (nSPS) is 23.9. The van der Waals surface area contributed by atoms with Crippen LogP contribution in [0.15, 0.2) is 60.7 Å². The second kappa shape index (κ2) is 16.3. The van der Waals surface area contributed by atoms with Crippen LogP contribution in [0.4, 0.5) is 0 Å². The summed E-state index contributed by atoms with van der Waals surface area (Å²) in [5.41, 5.74) is 1.41. The van der Waals surface area contributed by atoms with Crippen molar-refractivity contribution in [1.82, 2.24) is 10.6 Å². The van der Waals surface area contributed by atoms with Crippen molar-refractivity contribution in [3.05, 3.63) is 76.8 Å². The maximum atomic E-state index is 13.3. The number of carbonyl (C=O) groups excluding carboxylic acids is 4. The van der Waals surface area contributed by atoms with Gasteiger partial charge in [0.1, 0.15) is 17.9 Å². The second-order valence-corrected chi connectivity index (χ2v) is 11.7. The highest BCUT2D eigenvalue weighted by Crippen LogP contribution is 2.30. The molecule has 1 heterocycles. The van der Waals surface area contributed by atoms with E-state index in [2.05, 4.69) is 10.6 Å². The van der Waals surface area contributed by atoms with Crippen molar-refractivity contribution < 1.29 is 33.4 Å². The summed E-state index contributed by atoms with van der Waals surface area (Å²) in [5, 5.41) is 5.04. The number of methoxy groups -OCH3 is 1. The first-order valence-electron chi connectivity index (χ1n) is 14.2. The molecule has 0 saturated carbocycles. The number of ether oxygens (including phenoxy) is 3. The van der Waals surface area contributed by atoms with Gasteiger partial charge in [-0.25, -0.2) is 4.79 Å². The predicted octanol–water partition coefficient (Wildman–Crippen LogP) is 4.94. The maximum absolute atomic E-state index is 13.3. The van der Waals surface area contributed by atoms with Crippen molar-refractivity contribution in [2.75, 3.05) is 13.7 Å². The number of rotatable bonds is 7. The number of halogens is 2. The number of cyclic esters (lactones) is 2. The molecule has 3 rings (SSSR count). The van der Waals surface area contributed by atoms with Crippen LogP contribution in [0.1, 0.15) is 50.1 Å². The van der Waals surface area contributed by atoms with Crippen molar-refractivity contribution in [3.63, 3.8) is 0 Å². The lowest BCUT2D eigenvalue weighted by Gasteiger charge is -2.26. The Morgan fingerprint density at radius 1 is 1.02 bits per heavy atom. The Kier molecular flexibility index (Phi) is 12.9. The lowest BCUT2D eigenvalue weighted by molar-refractivity contribution is -0.174. The molecule has 0 aromatic heterocycles. The fourth-order valence-electron chi connectivity index (χ4n) is 4.45. The summed E-state index contributed by atoms with van der Waals surface area (Å²) in [7, 11) is 1.50. The molecular weight excluding hydrogens is 595 g/mol. The molecule has 1 unspecified atom stereocenters.